The Labute approximate surface area is 124 Å². The Morgan fingerprint density at radius 3 is 2.37 bits per heavy atom. The van der Waals surface area contributed by atoms with E-state index in [0.29, 0.717) is 0 Å². The maximum Gasteiger partial charge on any atom is 0.0488 e. The van der Waals surface area contributed by atoms with E-state index in [1.165, 1.54) is 5.56 Å². The van der Waals surface area contributed by atoms with Crippen LogP contribution in [0.25, 0.3) is 11.1 Å². The van der Waals surface area contributed by atoms with E-state index in [4.69, 9.17) is 23.2 Å². The molecule has 0 aliphatic carbocycles. The second-order valence-corrected chi connectivity index (χ2v) is 5.29. The molecular weight excluding hydrogens is 277 g/mol. The van der Waals surface area contributed by atoms with Crippen molar-refractivity contribution in [2.45, 2.75) is 19.9 Å². The zero-order valence-corrected chi connectivity index (χ0v) is 12.4. The van der Waals surface area contributed by atoms with Crippen LogP contribution in [0.5, 0.6) is 0 Å². The third kappa shape index (κ3) is 3.73. The standard InChI is InChI=1S/C16H17Cl2N/c1-2-9-19-11-12-7-8-14(16(18)10-12)13-5-3-4-6-15(13)17/h3-8,10,19H,2,9,11H2,1H3. The number of nitrogens with one attached hydrogen (secondary N) is 1. The maximum atomic E-state index is 6.36. The summed E-state index contributed by atoms with van der Waals surface area (Å²) in [4.78, 5) is 0. The van der Waals surface area contributed by atoms with E-state index >= 15 is 0 Å². The molecule has 0 saturated carbocycles. The van der Waals surface area contributed by atoms with E-state index < -0.39 is 0 Å². The molecule has 0 atom stereocenters. The summed E-state index contributed by atoms with van der Waals surface area (Å²) in [7, 11) is 0. The van der Waals surface area contributed by atoms with Gasteiger partial charge in [-0.3, -0.25) is 0 Å². The van der Waals surface area contributed by atoms with Crippen LogP contribution in [-0.4, -0.2) is 6.54 Å². The monoisotopic (exact) mass is 293 g/mol. The highest BCUT2D eigenvalue weighted by Gasteiger charge is 2.07. The normalized spacial score (nSPS) is 10.7. The molecule has 0 amide bonds. The summed E-state index contributed by atoms with van der Waals surface area (Å²) in [6.45, 7) is 4.01. The minimum Gasteiger partial charge on any atom is -0.313 e. The van der Waals surface area contributed by atoms with Gasteiger partial charge in [0.25, 0.3) is 0 Å². The third-order valence-electron chi connectivity index (χ3n) is 2.95. The van der Waals surface area contributed by atoms with Gasteiger partial charge in [0.2, 0.25) is 0 Å². The second-order valence-electron chi connectivity index (χ2n) is 4.47. The van der Waals surface area contributed by atoms with Crippen LogP contribution in [0.4, 0.5) is 0 Å². The van der Waals surface area contributed by atoms with Gasteiger partial charge < -0.3 is 5.32 Å². The summed E-state index contributed by atoms with van der Waals surface area (Å²) in [5.74, 6) is 0. The fourth-order valence-corrected chi connectivity index (χ4v) is 2.52. The molecule has 1 N–H and O–H groups in total. The van der Waals surface area contributed by atoms with Crippen LogP contribution in [0.3, 0.4) is 0 Å². The molecule has 19 heavy (non-hydrogen) atoms. The van der Waals surface area contributed by atoms with Gasteiger partial charge in [-0.15, -0.1) is 0 Å². The molecule has 0 spiro atoms. The highest BCUT2D eigenvalue weighted by Crippen LogP contribution is 2.33. The van der Waals surface area contributed by atoms with Gasteiger partial charge in [-0.1, -0.05) is 60.5 Å². The topological polar surface area (TPSA) is 12.0 Å². The molecule has 0 aromatic heterocycles. The summed E-state index contributed by atoms with van der Waals surface area (Å²) >= 11 is 12.6. The lowest BCUT2D eigenvalue weighted by Crippen LogP contribution is -2.13. The molecule has 2 rings (SSSR count). The fourth-order valence-electron chi connectivity index (χ4n) is 1.98. The zero-order valence-electron chi connectivity index (χ0n) is 10.9. The molecule has 0 radical (unpaired) electrons. The van der Waals surface area contributed by atoms with Gasteiger partial charge in [0.1, 0.15) is 0 Å². The molecule has 0 fully saturated rings. The summed E-state index contributed by atoms with van der Waals surface area (Å²) in [6, 6.07) is 13.9. The van der Waals surface area contributed by atoms with Gasteiger partial charge in [0.15, 0.2) is 0 Å². The van der Waals surface area contributed by atoms with Crippen LogP contribution in [0.1, 0.15) is 18.9 Å². The highest BCUT2D eigenvalue weighted by molar-refractivity contribution is 6.36. The maximum absolute atomic E-state index is 6.36. The highest BCUT2D eigenvalue weighted by atomic mass is 35.5. The fraction of sp³-hybridized carbons (Fsp3) is 0.250. The molecule has 2 aromatic carbocycles. The minimum absolute atomic E-state index is 0.723. The van der Waals surface area contributed by atoms with E-state index in [1.807, 2.05) is 36.4 Å². The number of benzene rings is 2. The van der Waals surface area contributed by atoms with Gasteiger partial charge >= 0.3 is 0 Å². The SMILES string of the molecule is CCCNCc1ccc(-c2ccccc2Cl)c(Cl)c1. The van der Waals surface area contributed by atoms with Gasteiger partial charge in [-0.05, 0) is 30.7 Å². The predicted octanol–water partition coefficient (Wildman–Crippen LogP) is 5.16. The molecule has 0 aliphatic rings. The summed E-state index contributed by atoms with van der Waals surface area (Å²) in [6.07, 6.45) is 1.13. The lowest BCUT2D eigenvalue weighted by atomic mass is 10.0. The Bertz CT molecular complexity index is 552. The molecule has 0 unspecified atom stereocenters. The van der Waals surface area contributed by atoms with Crippen molar-refractivity contribution in [3.05, 3.63) is 58.1 Å². The van der Waals surface area contributed by atoms with E-state index in [-0.39, 0.29) is 0 Å². The van der Waals surface area contributed by atoms with Gasteiger partial charge in [-0.2, -0.15) is 0 Å². The van der Waals surface area contributed by atoms with Crippen molar-refractivity contribution in [3.8, 4) is 11.1 Å². The Morgan fingerprint density at radius 1 is 0.947 bits per heavy atom. The first-order chi connectivity index (χ1) is 9.22. The Morgan fingerprint density at radius 2 is 1.68 bits per heavy atom. The summed E-state index contributed by atoms with van der Waals surface area (Å²) in [5, 5.41) is 4.83. The minimum atomic E-state index is 0.723. The van der Waals surface area contributed by atoms with Crippen molar-refractivity contribution in [1.82, 2.24) is 5.32 Å². The predicted molar refractivity (Wildman–Crippen MR) is 83.9 cm³/mol. The average molecular weight is 294 g/mol. The average Bonchev–Trinajstić information content (AvgIpc) is 2.40. The van der Waals surface area contributed by atoms with Crippen LogP contribution >= 0.6 is 23.2 Å². The quantitative estimate of drug-likeness (QED) is 0.751. The van der Waals surface area contributed by atoms with Crippen LogP contribution in [-0.2, 0) is 6.54 Å². The molecule has 1 nitrogen and oxygen atoms in total. The van der Waals surface area contributed by atoms with Gasteiger partial charge in [-0.25, -0.2) is 0 Å². The molecule has 3 heteroatoms. The Balaban J connectivity index is 2.22. The molecule has 0 heterocycles. The van der Waals surface area contributed by atoms with Crippen LogP contribution in [0, 0.1) is 0 Å². The largest absolute Gasteiger partial charge is 0.313 e. The van der Waals surface area contributed by atoms with Crippen molar-refractivity contribution in [2.75, 3.05) is 6.54 Å². The van der Waals surface area contributed by atoms with Crippen molar-refractivity contribution in [3.63, 3.8) is 0 Å². The summed E-state index contributed by atoms with van der Waals surface area (Å²) in [5.41, 5.74) is 3.14. The molecule has 0 aliphatic heterocycles. The molecule has 0 bridgehead atoms. The van der Waals surface area contributed by atoms with E-state index in [1.54, 1.807) is 0 Å². The lowest BCUT2D eigenvalue weighted by Gasteiger charge is -2.09. The third-order valence-corrected chi connectivity index (χ3v) is 3.60. The molecule has 0 saturated heterocycles. The Hall–Kier alpha value is -1.02. The number of hydrogen-bond acceptors (Lipinski definition) is 1. The van der Waals surface area contributed by atoms with Gasteiger partial charge in [0, 0.05) is 27.7 Å². The number of halogens is 2. The first-order valence-electron chi connectivity index (χ1n) is 6.46. The second kappa shape index (κ2) is 6.95. The van der Waals surface area contributed by atoms with Crippen molar-refractivity contribution >= 4 is 23.2 Å². The van der Waals surface area contributed by atoms with Crippen LogP contribution < -0.4 is 5.32 Å². The van der Waals surface area contributed by atoms with Gasteiger partial charge in [0.05, 0.1) is 0 Å². The van der Waals surface area contributed by atoms with Crippen LogP contribution in [0.2, 0.25) is 10.0 Å². The molecular formula is C16H17Cl2N. The van der Waals surface area contributed by atoms with Crippen molar-refractivity contribution in [2.24, 2.45) is 0 Å². The zero-order chi connectivity index (χ0) is 13.7. The lowest BCUT2D eigenvalue weighted by molar-refractivity contribution is 0.675. The summed E-state index contributed by atoms with van der Waals surface area (Å²) < 4.78 is 0. The van der Waals surface area contributed by atoms with Crippen LogP contribution in [0.15, 0.2) is 42.5 Å². The van der Waals surface area contributed by atoms with E-state index in [0.717, 1.165) is 40.7 Å². The number of rotatable bonds is 5. The van der Waals surface area contributed by atoms with E-state index in [9.17, 15) is 0 Å². The number of hydrogen-bond donors (Lipinski definition) is 1. The van der Waals surface area contributed by atoms with Crippen molar-refractivity contribution in [1.29, 1.82) is 0 Å². The van der Waals surface area contributed by atoms with E-state index in [2.05, 4.69) is 18.3 Å². The van der Waals surface area contributed by atoms with Crippen molar-refractivity contribution < 1.29 is 0 Å². The molecule has 100 valence electrons. The first-order valence-corrected chi connectivity index (χ1v) is 7.22. The Kier molecular flexibility index (Phi) is 5.26. The molecule has 2 aromatic rings. The smallest absolute Gasteiger partial charge is 0.0488 e. The first kappa shape index (κ1) is 14.4.